The summed E-state index contributed by atoms with van der Waals surface area (Å²) in [6.45, 7) is 2.99. The lowest BCUT2D eigenvalue weighted by Crippen LogP contribution is -2.33. The third-order valence-electron chi connectivity index (χ3n) is 3.12. The number of halogens is 1. The lowest BCUT2D eigenvalue weighted by Gasteiger charge is -2.25. The van der Waals surface area contributed by atoms with E-state index < -0.39 is 0 Å². The second kappa shape index (κ2) is 5.85. The second-order valence-corrected chi connectivity index (χ2v) is 5.98. The summed E-state index contributed by atoms with van der Waals surface area (Å²) in [5.74, 6) is 0.792. The van der Waals surface area contributed by atoms with Gasteiger partial charge in [0.2, 0.25) is 5.91 Å². The summed E-state index contributed by atoms with van der Waals surface area (Å²) >= 11 is 7.17. The second-order valence-electron chi connectivity index (χ2n) is 4.47. The number of amides is 1. The quantitative estimate of drug-likeness (QED) is 0.630. The highest BCUT2D eigenvalue weighted by molar-refractivity contribution is 7.14. The number of alkyl halides is 1. The third kappa shape index (κ3) is 2.93. The van der Waals surface area contributed by atoms with Gasteiger partial charge in [-0.2, -0.15) is 0 Å². The summed E-state index contributed by atoms with van der Waals surface area (Å²) in [5.41, 5.74) is 1.13. The van der Waals surface area contributed by atoms with Gasteiger partial charge < -0.3 is 4.90 Å². The molecule has 0 saturated heterocycles. The maximum absolute atomic E-state index is 11.9. The largest absolute Gasteiger partial charge is 0.338 e. The average Bonchev–Trinajstić information content (AvgIpc) is 2.78. The van der Waals surface area contributed by atoms with E-state index in [2.05, 4.69) is 0 Å². The third-order valence-corrected chi connectivity index (χ3v) is 4.67. The van der Waals surface area contributed by atoms with E-state index in [9.17, 15) is 9.59 Å². The van der Waals surface area contributed by atoms with E-state index in [-0.39, 0.29) is 11.7 Å². The molecule has 3 nitrogen and oxygen atoms in total. The predicted octanol–water partition coefficient (Wildman–Crippen LogP) is 2.85. The van der Waals surface area contributed by atoms with Crippen molar-refractivity contribution in [3.63, 3.8) is 0 Å². The molecule has 18 heavy (non-hydrogen) atoms. The number of hydrogen-bond donors (Lipinski definition) is 0. The van der Waals surface area contributed by atoms with E-state index >= 15 is 0 Å². The molecule has 0 atom stereocenters. The normalized spacial score (nSPS) is 14.4. The predicted molar refractivity (Wildman–Crippen MR) is 73.4 cm³/mol. The van der Waals surface area contributed by atoms with Gasteiger partial charge in [-0.25, -0.2) is 0 Å². The van der Waals surface area contributed by atoms with Crippen LogP contribution in [0.3, 0.4) is 0 Å². The zero-order valence-electron chi connectivity index (χ0n) is 10.4. The molecule has 2 heterocycles. The molecule has 0 fully saturated rings. The molecule has 2 rings (SSSR count). The summed E-state index contributed by atoms with van der Waals surface area (Å²) in [6.07, 6.45) is 2.10. The van der Waals surface area contributed by atoms with Crippen LogP contribution in [0.25, 0.3) is 0 Å². The van der Waals surface area contributed by atoms with Crippen LogP contribution >= 0.6 is 22.9 Å². The fraction of sp³-hybridized carbons (Fsp3) is 0.538. The van der Waals surface area contributed by atoms with Crippen molar-refractivity contribution in [3.05, 3.63) is 21.4 Å². The minimum absolute atomic E-state index is 0.0990. The Kier molecular flexibility index (Phi) is 4.40. The maximum Gasteiger partial charge on any atom is 0.219 e. The monoisotopic (exact) mass is 285 g/mol. The van der Waals surface area contributed by atoms with Crippen LogP contribution in [0.2, 0.25) is 0 Å². The van der Waals surface area contributed by atoms with Gasteiger partial charge in [0.25, 0.3) is 0 Å². The number of Topliss-reactive ketones (excluding diaryl/α,β-unsaturated/α-hetero) is 1. The zero-order valence-corrected chi connectivity index (χ0v) is 11.9. The van der Waals surface area contributed by atoms with Gasteiger partial charge in [-0.05, 0) is 24.5 Å². The first-order valence-electron chi connectivity index (χ1n) is 6.08. The van der Waals surface area contributed by atoms with E-state index in [1.807, 2.05) is 11.0 Å². The fourth-order valence-electron chi connectivity index (χ4n) is 2.09. The molecule has 0 bridgehead atoms. The van der Waals surface area contributed by atoms with Crippen molar-refractivity contribution in [2.75, 3.05) is 12.4 Å². The number of thiophene rings is 1. The Bertz CT molecular complexity index is 470. The van der Waals surface area contributed by atoms with Crippen molar-refractivity contribution >= 4 is 34.6 Å². The molecule has 0 radical (unpaired) electrons. The summed E-state index contributed by atoms with van der Waals surface area (Å²) in [7, 11) is 0. The van der Waals surface area contributed by atoms with Crippen LogP contribution in [-0.4, -0.2) is 29.0 Å². The van der Waals surface area contributed by atoms with E-state index in [0.29, 0.717) is 18.8 Å². The van der Waals surface area contributed by atoms with Gasteiger partial charge in [0.1, 0.15) is 0 Å². The van der Waals surface area contributed by atoms with Crippen molar-refractivity contribution < 1.29 is 9.59 Å². The highest BCUT2D eigenvalue weighted by Gasteiger charge is 2.22. The minimum atomic E-state index is 0.0990. The number of nitrogens with zero attached hydrogens (tertiary/aromatic N) is 1. The lowest BCUT2D eigenvalue weighted by molar-refractivity contribution is -0.129. The van der Waals surface area contributed by atoms with Crippen LogP contribution in [0.15, 0.2) is 6.07 Å². The molecule has 0 saturated carbocycles. The van der Waals surface area contributed by atoms with Crippen molar-refractivity contribution in [1.82, 2.24) is 4.90 Å². The molecule has 0 spiro atoms. The Balaban J connectivity index is 2.10. The van der Waals surface area contributed by atoms with Gasteiger partial charge in [0.15, 0.2) is 5.78 Å². The number of carbonyl (C=O) groups excluding carboxylic acids is 2. The SMILES string of the molecule is CC(=O)N1CCc2sc(C(=O)CCCCl)cc2C1. The Morgan fingerprint density at radius 1 is 1.50 bits per heavy atom. The van der Waals surface area contributed by atoms with E-state index in [0.717, 1.165) is 29.8 Å². The molecule has 1 amide bonds. The first kappa shape index (κ1) is 13.6. The van der Waals surface area contributed by atoms with Gasteiger partial charge in [-0.15, -0.1) is 22.9 Å². The van der Waals surface area contributed by atoms with Crippen molar-refractivity contribution in [3.8, 4) is 0 Å². The highest BCUT2D eigenvalue weighted by Crippen LogP contribution is 2.29. The van der Waals surface area contributed by atoms with Gasteiger partial charge >= 0.3 is 0 Å². The van der Waals surface area contributed by atoms with E-state index in [4.69, 9.17) is 11.6 Å². The van der Waals surface area contributed by atoms with Crippen molar-refractivity contribution in [2.45, 2.75) is 32.7 Å². The number of fused-ring (bicyclic) bond motifs is 1. The molecule has 0 aliphatic carbocycles. The van der Waals surface area contributed by atoms with Gasteiger partial charge in [0.05, 0.1) is 4.88 Å². The Morgan fingerprint density at radius 3 is 2.94 bits per heavy atom. The summed E-state index contributed by atoms with van der Waals surface area (Å²) in [4.78, 5) is 27.1. The summed E-state index contributed by atoms with van der Waals surface area (Å²) in [5, 5.41) is 0. The zero-order chi connectivity index (χ0) is 13.1. The molecule has 98 valence electrons. The van der Waals surface area contributed by atoms with Gasteiger partial charge in [0, 0.05) is 37.2 Å². The lowest BCUT2D eigenvalue weighted by atomic mass is 10.1. The average molecular weight is 286 g/mol. The summed E-state index contributed by atoms with van der Waals surface area (Å²) in [6, 6.07) is 1.95. The molecule has 1 aliphatic rings. The molecule has 1 aliphatic heterocycles. The topological polar surface area (TPSA) is 37.4 Å². The first-order chi connectivity index (χ1) is 8.61. The Labute approximate surface area is 116 Å². The highest BCUT2D eigenvalue weighted by atomic mass is 35.5. The van der Waals surface area contributed by atoms with Crippen molar-refractivity contribution in [2.24, 2.45) is 0 Å². The van der Waals surface area contributed by atoms with Gasteiger partial charge in [-0.3, -0.25) is 9.59 Å². The van der Waals surface area contributed by atoms with Crippen LogP contribution < -0.4 is 0 Å². The molecular weight excluding hydrogens is 270 g/mol. The first-order valence-corrected chi connectivity index (χ1v) is 7.43. The number of rotatable bonds is 4. The van der Waals surface area contributed by atoms with E-state index in [1.54, 1.807) is 18.3 Å². The van der Waals surface area contributed by atoms with Crippen molar-refractivity contribution in [1.29, 1.82) is 0 Å². The standard InChI is InChI=1S/C13H16ClNO2S/c1-9(16)15-6-4-12-10(8-15)7-13(18-12)11(17)3-2-5-14/h7H,2-6,8H2,1H3. The van der Waals surface area contributed by atoms with Crippen LogP contribution in [0.4, 0.5) is 0 Å². The molecule has 1 aromatic heterocycles. The Morgan fingerprint density at radius 2 is 2.28 bits per heavy atom. The van der Waals surface area contributed by atoms with Crippen LogP contribution in [0.5, 0.6) is 0 Å². The molecular formula is C13H16ClNO2S. The van der Waals surface area contributed by atoms with Crippen LogP contribution in [-0.2, 0) is 17.8 Å². The summed E-state index contributed by atoms with van der Waals surface area (Å²) < 4.78 is 0. The number of carbonyl (C=O) groups is 2. The van der Waals surface area contributed by atoms with Crippen LogP contribution in [0.1, 0.15) is 39.9 Å². The van der Waals surface area contributed by atoms with E-state index in [1.165, 1.54) is 4.88 Å². The maximum atomic E-state index is 11.9. The minimum Gasteiger partial charge on any atom is -0.338 e. The Hall–Kier alpha value is -0.870. The molecule has 0 unspecified atom stereocenters. The van der Waals surface area contributed by atoms with Gasteiger partial charge in [-0.1, -0.05) is 0 Å². The smallest absolute Gasteiger partial charge is 0.219 e. The molecule has 0 aromatic carbocycles. The molecule has 1 aromatic rings. The number of hydrogen-bond acceptors (Lipinski definition) is 3. The number of ketones is 1. The fourth-order valence-corrected chi connectivity index (χ4v) is 3.35. The molecule has 5 heteroatoms. The molecule has 0 N–H and O–H groups in total. The van der Waals surface area contributed by atoms with Crippen LogP contribution in [0, 0.1) is 0 Å².